The van der Waals surface area contributed by atoms with E-state index in [2.05, 4.69) is 0 Å². The van der Waals surface area contributed by atoms with E-state index in [1.54, 1.807) is 5.94 Å². The minimum absolute atomic E-state index is 0.295. The Kier molecular flexibility index (Phi) is 4.88. The summed E-state index contributed by atoms with van der Waals surface area (Å²) in [6.07, 6.45) is 2.43. The molecular weight excluding hydrogens is 116 g/mol. The Morgan fingerprint density at radius 3 is 2.56 bits per heavy atom. The lowest BCUT2D eigenvalue weighted by molar-refractivity contribution is 0.564. The molecule has 52 valence electrons. The third-order valence-corrected chi connectivity index (χ3v) is 1.03. The largest absolute Gasteiger partial charge is 0.393 e. The minimum Gasteiger partial charge on any atom is -0.393 e. The predicted molar refractivity (Wildman–Crippen MR) is 36.3 cm³/mol. The Morgan fingerprint density at radius 1 is 1.44 bits per heavy atom. The average molecular weight is 128 g/mol. The van der Waals surface area contributed by atoms with Crippen molar-refractivity contribution in [1.82, 2.24) is 0 Å². The van der Waals surface area contributed by atoms with E-state index in [-0.39, 0.29) is 0 Å². The van der Waals surface area contributed by atoms with Gasteiger partial charge in [0.1, 0.15) is 5.94 Å². The fourth-order valence-corrected chi connectivity index (χ4v) is 0.511. The van der Waals surface area contributed by atoms with Crippen LogP contribution in [0.5, 0.6) is 0 Å². The molecule has 3 nitrogen and oxygen atoms in total. The van der Waals surface area contributed by atoms with Gasteiger partial charge < -0.3 is 11.5 Å². The fraction of sp³-hybridized carbons (Fsp3) is 0.667. The zero-order chi connectivity index (χ0) is 7.11. The maximum atomic E-state index is 9.78. The molecule has 0 amide bonds. The van der Waals surface area contributed by atoms with Gasteiger partial charge in [-0.2, -0.15) is 0 Å². The molecule has 0 rings (SSSR count). The highest BCUT2D eigenvalue weighted by Crippen LogP contribution is 1.96. The summed E-state index contributed by atoms with van der Waals surface area (Å²) in [6, 6.07) is 0. The summed E-state index contributed by atoms with van der Waals surface area (Å²) in [5.74, 6) is 1.63. The first-order chi connectivity index (χ1) is 4.31. The number of nitrogens with two attached hydrogens (primary N) is 2. The fourth-order valence-electron chi connectivity index (χ4n) is 0.511. The summed E-state index contributed by atoms with van der Waals surface area (Å²) in [4.78, 5) is 9.78. The van der Waals surface area contributed by atoms with Crippen molar-refractivity contribution < 1.29 is 4.79 Å². The molecule has 0 bridgehead atoms. The van der Waals surface area contributed by atoms with E-state index in [0.29, 0.717) is 18.7 Å². The standard InChI is InChI=1S/C6H12N2O/c7-4-2-1-3-6(8)5-9/h1-4,7-8H2. The molecule has 0 aromatic heterocycles. The van der Waals surface area contributed by atoms with Gasteiger partial charge >= 0.3 is 0 Å². The van der Waals surface area contributed by atoms with Gasteiger partial charge in [0, 0.05) is 0 Å². The van der Waals surface area contributed by atoms with Crippen molar-refractivity contribution in [3.63, 3.8) is 0 Å². The molecule has 0 atom stereocenters. The van der Waals surface area contributed by atoms with Gasteiger partial charge in [-0.1, -0.05) is 0 Å². The van der Waals surface area contributed by atoms with Crippen LogP contribution in [0.4, 0.5) is 0 Å². The predicted octanol–water partition coefficient (Wildman–Crippen LogP) is -0.210. The monoisotopic (exact) mass is 128 g/mol. The van der Waals surface area contributed by atoms with Gasteiger partial charge in [-0.25, -0.2) is 4.79 Å². The first kappa shape index (κ1) is 8.21. The van der Waals surface area contributed by atoms with E-state index in [4.69, 9.17) is 11.5 Å². The lowest BCUT2D eigenvalue weighted by atomic mass is 10.2. The topological polar surface area (TPSA) is 69.1 Å². The highest BCUT2D eigenvalue weighted by atomic mass is 16.1. The van der Waals surface area contributed by atoms with Crippen LogP contribution in [-0.4, -0.2) is 12.5 Å². The van der Waals surface area contributed by atoms with Crippen LogP contribution < -0.4 is 11.5 Å². The number of rotatable bonds is 4. The smallest absolute Gasteiger partial charge is 0.145 e. The van der Waals surface area contributed by atoms with Crippen molar-refractivity contribution in [3.8, 4) is 0 Å². The first-order valence-corrected chi connectivity index (χ1v) is 3.00. The van der Waals surface area contributed by atoms with E-state index in [0.717, 1.165) is 12.8 Å². The van der Waals surface area contributed by atoms with Crippen LogP contribution >= 0.6 is 0 Å². The number of hydrogen-bond donors (Lipinski definition) is 2. The molecule has 0 fully saturated rings. The van der Waals surface area contributed by atoms with Gasteiger partial charge in [0.15, 0.2) is 0 Å². The Bertz CT molecular complexity index is 116. The van der Waals surface area contributed by atoms with Crippen molar-refractivity contribution >= 4 is 5.94 Å². The summed E-state index contributed by atoms with van der Waals surface area (Å²) in [5.41, 5.74) is 10.7. The van der Waals surface area contributed by atoms with Gasteiger partial charge in [-0.05, 0) is 25.8 Å². The second-order valence-electron chi connectivity index (χ2n) is 1.87. The quantitative estimate of drug-likeness (QED) is 0.406. The van der Waals surface area contributed by atoms with Gasteiger partial charge in [-0.3, -0.25) is 0 Å². The lowest BCUT2D eigenvalue weighted by Crippen LogP contribution is -2.01. The van der Waals surface area contributed by atoms with Crippen LogP contribution in [0.2, 0.25) is 0 Å². The van der Waals surface area contributed by atoms with Crippen molar-refractivity contribution in [2.45, 2.75) is 19.3 Å². The van der Waals surface area contributed by atoms with E-state index >= 15 is 0 Å². The number of unbranched alkanes of at least 4 members (excludes halogenated alkanes) is 1. The Morgan fingerprint density at radius 2 is 2.11 bits per heavy atom. The zero-order valence-electron chi connectivity index (χ0n) is 5.39. The minimum atomic E-state index is 0.295. The third kappa shape index (κ3) is 5.07. The number of carbonyl (C=O) groups excluding carboxylic acids is 1. The molecule has 0 aromatic rings. The summed E-state index contributed by atoms with van der Waals surface area (Å²) < 4.78 is 0. The number of hydrogen-bond acceptors (Lipinski definition) is 3. The van der Waals surface area contributed by atoms with Crippen LogP contribution in [-0.2, 0) is 4.79 Å². The van der Waals surface area contributed by atoms with Gasteiger partial charge in [0.2, 0.25) is 0 Å². The summed E-state index contributed by atoms with van der Waals surface area (Å²) in [7, 11) is 0. The molecule has 0 spiro atoms. The van der Waals surface area contributed by atoms with E-state index in [1.807, 2.05) is 0 Å². The molecule has 0 unspecified atom stereocenters. The Labute approximate surface area is 54.7 Å². The van der Waals surface area contributed by atoms with Crippen LogP contribution in [0.3, 0.4) is 0 Å². The van der Waals surface area contributed by atoms with Crippen LogP contribution in [0, 0.1) is 0 Å². The van der Waals surface area contributed by atoms with Crippen LogP contribution in [0.25, 0.3) is 0 Å². The van der Waals surface area contributed by atoms with E-state index in [9.17, 15) is 4.79 Å². The lowest BCUT2D eigenvalue weighted by Gasteiger charge is -1.93. The molecule has 0 heterocycles. The molecule has 4 N–H and O–H groups in total. The first-order valence-electron chi connectivity index (χ1n) is 3.00. The van der Waals surface area contributed by atoms with Crippen LogP contribution in [0.1, 0.15) is 19.3 Å². The summed E-state index contributed by atoms with van der Waals surface area (Å²) in [5, 5.41) is 0. The molecule has 0 saturated heterocycles. The van der Waals surface area contributed by atoms with Gasteiger partial charge in [0.25, 0.3) is 0 Å². The summed E-state index contributed by atoms with van der Waals surface area (Å²) in [6.45, 7) is 0.659. The maximum absolute atomic E-state index is 9.78. The van der Waals surface area contributed by atoms with Crippen molar-refractivity contribution in [2.24, 2.45) is 11.5 Å². The molecule has 0 aliphatic rings. The maximum Gasteiger partial charge on any atom is 0.145 e. The number of allylic oxidation sites excluding steroid dienone is 1. The van der Waals surface area contributed by atoms with Gasteiger partial charge in [-0.15, -0.1) is 0 Å². The summed E-state index contributed by atoms with van der Waals surface area (Å²) >= 11 is 0. The SMILES string of the molecule is NCCCCC(N)=C=O. The van der Waals surface area contributed by atoms with E-state index < -0.39 is 0 Å². The highest BCUT2D eigenvalue weighted by molar-refractivity contribution is 5.50. The zero-order valence-corrected chi connectivity index (χ0v) is 5.39. The molecular formula is C6H12N2O. The van der Waals surface area contributed by atoms with E-state index in [1.165, 1.54) is 0 Å². The molecule has 0 radical (unpaired) electrons. The second-order valence-corrected chi connectivity index (χ2v) is 1.87. The third-order valence-electron chi connectivity index (χ3n) is 1.03. The van der Waals surface area contributed by atoms with Crippen LogP contribution in [0.15, 0.2) is 5.70 Å². The van der Waals surface area contributed by atoms with Crippen molar-refractivity contribution in [1.29, 1.82) is 0 Å². The molecule has 0 aliphatic heterocycles. The molecule has 3 heteroatoms. The van der Waals surface area contributed by atoms with Gasteiger partial charge in [0.05, 0.1) is 5.70 Å². The van der Waals surface area contributed by atoms with Crippen molar-refractivity contribution in [2.75, 3.05) is 6.54 Å². The van der Waals surface area contributed by atoms with Crippen molar-refractivity contribution in [3.05, 3.63) is 5.70 Å². The molecule has 0 saturated carbocycles. The normalized spacial score (nSPS) is 8.56. The highest BCUT2D eigenvalue weighted by Gasteiger charge is 1.89. The average Bonchev–Trinajstić information content (AvgIpc) is 1.89. The second kappa shape index (κ2) is 5.35. The molecule has 9 heavy (non-hydrogen) atoms. The molecule has 0 aliphatic carbocycles. The Hall–Kier alpha value is -0.790. The molecule has 0 aromatic carbocycles. The Balaban J connectivity index is 3.17.